The highest BCUT2D eigenvalue weighted by molar-refractivity contribution is 6.06. The Labute approximate surface area is 205 Å². The van der Waals surface area contributed by atoms with E-state index in [-0.39, 0.29) is 36.1 Å². The summed E-state index contributed by atoms with van der Waals surface area (Å²) in [4.78, 5) is 57.7. The highest BCUT2D eigenvalue weighted by atomic mass is 16.2. The van der Waals surface area contributed by atoms with Crippen molar-refractivity contribution in [2.75, 3.05) is 50.7 Å². The molecule has 0 bridgehead atoms. The third-order valence-electron chi connectivity index (χ3n) is 7.80. The predicted molar refractivity (Wildman–Crippen MR) is 130 cm³/mol. The van der Waals surface area contributed by atoms with E-state index < -0.39 is 6.04 Å². The maximum absolute atomic E-state index is 13.1. The van der Waals surface area contributed by atoms with Crippen LogP contribution in [0.1, 0.15) is 48.0 Å². The normalized spacial score (nSPS) is 24.1. The fourth-order valence-corrected chi connectivity index (χ4v) is 5.64. The molecule has 4 amide bonds. The third kappa shape index (κ3) is 4.90. The Bertz CT molecular complexity index is 1010. The van der Waals surface area contributed by atoms with E-state index in [1.807, 2.05) is 23.1 Å². The van der Waals surface area contributed by atoms with Gasteiger partial charge < -0.3 is 20.4 Å². The first-order chi connectivity index (χ1) is 16.9. The Morgan fingerprint density at radius 1 is 1.00 bits per heavy atom. The smallest absolute Gasteiger partial charge is 0.255 e. The lowest BCUT2D eigenvalue weighted by molar-refractivity contribution is -0.137. The highest BCUT2D eigenvalue weighted by Crippen LogP contribution is 2.34. The summed E-state index contributed by atoms with van der Waals surface area (Å²) in [5.41, 5.74) is 8.57. The quantitative estimate of drug-likeness (QED) is 0.563. The van der Waals surface area contributed by atoms with Gasteiger partial charge in [0.25, 0.3) is 5.91 Å². The molecule has 1 aromatic carbocycles. The fraction of sp³-hybridized carbons (Fsp3) is 0.600. The van der Waals surface area contributed by atoms with E-state index in [2.05, 4.69) is 15.1 Å². The summed E-state index contributed by atoms with van der Waals surface area (Å²) in [6, 6.07) is 5.38. The summed E-state index contributed by atoms with van der Waals surface area (Å²) in [5.74, 6) is -0.602. The van der Waals surface area contributed by atoms with Crippen molar-refractivity contribution in [2.24, 2.45) is 5.73 Å². The van der Waals surface area contributed by atoms with Crippen LogP contribution in [0.25, 0.3) is 0 Å². The number of likely N-dealkylation sites (tertiary alicyclic amines) is 1. The van der Waals surface area contributed by atoms with Gasteiger partial charge in [-0.3, -0.25) is 29.4 Å². The lowest BCUT2D eigenvalue weighted by atomic mass is 10.0. The van der Waals surface area contributed by atoms with E-state index in [1.165, 1.54) is 0 Å². The number of carbonyl (C=O) groups excluding carboxylic acids is 4. The molecule has 1 unspecified atom stereocenters. The molecule has 1 atom stereocenters. The molecule has 5 rings (SSSR count). The zero-order chi connectivity index (χ0) is 24.5. The Kier molecular flexibility index (Phi) is 6.75. The number of nitrogens with two attached hydrogens (primary N) is 1. The number of amides is 4. The van der Waals surface area contributed by atoms with Gasteiger partial charge in [0.05, 0.1) is 0 Å². The Morgan fingerprint density at radius 3 is 2.46 bits per heavy atom. The Balaban J connectivity index is 1.17. The number of fused-ring (bicyclic) bond motifs is 1. The molecule has 35 heavy (non-hydrogen) atoms. The zero-order valence-corrected chi connectivity index (χ0v) is 20.1. The summed E-state index contributed by atoms with van der Waals surface area (Å²) < 4.78 is 0. The maximum atomic E-state index is 13.1. The molecule has 3 fully saturated rings. The number of hydrogen-bond acceptors (Lipinski definition) is 7. The molecule has 188 valence electrons. The molecule has 0 saturated carbocycles. The predicted octanol–water partition coefficient (Wildman–Crippen LogP) is -0.0906. The van der Waals surface area contributed by atoms with Gasteiger partial charge in [-0.25, -0.2) is 0 Å². The molecule has 10 heteroatoms. The van der Waals surface area contributed by atoms with Crippen LogP contribution in [0.5, 0.6) is 0 Å². The standard InChI is InChI=1S/C25H34N6O4/c26-17-6-10-30(11-7-17)23(33)8-9-28-12-14-29(15-13-28)20-3-1-2-18-19(20)16-31(25(18)35)21-4-5-22(32)27-24(21)34/h1-3,17,21H,4-16,26H2,(H,27,32,34). The maximum Gasteiger partial charge on any atom is 0.255 e. The van der Waals surface area contributed by atoms with Crippen molar-refractivity contribution in [1.82, 2.24) is 20.0 Å². The summed E-state index contributed by atoms with van der Waals surface area (Å²) in [6.45, 7) is 6.00. The number of imide groups is 1. The van der Waals surface area contributed by atoms with Crippen LogP contribution in [0.15, 0.2) is 18.2 Å². The molecule has 4 heterocycles. The van der Waals surface area contributed by atoms with Gasteiger partial charge in [-0.05, 0) is 31.4 Å². The number of anilines is 1. The average Bonchev–Trinajstić information content (AvgIpc) is 3.19. The highest BCUT2D eigenvalue weighted by Gasteiger charge is 2.40. The number of piperazine rings is 1. The molecule has 0 aliphatic carbocycles. The van der Waals surface area contributed by atoms with Crippen molar-refractivity contribution < 1.29 is 19.2 Å². The second-order valence-corrected chi connectivity index (χ2v) is 10.0. The molecule has 1 aromatic rings. The summed E-state index contributed by atoms with van der Waals surface area (Å²) >= 11 is 0. The van der Waals surface area contributed by atoms with Gasteiger partial charge in [0, 0.05) is 88.1 Å². The van der Waals surface area contributed by atoms with Gasteiger partial charge in [-0.2, -0.15) is 0 Å². The minimum Gasteiger partial charge on any atom is -0.369 e. The second kappa shape index (κ2) is 9.94. The van der Waals surface area contributed by atoms with Gasteiger partial charge in [0.15, 0.2) is 0 Å². The molecule has 4 aliphatic rings. The van der Waals surface area contributed by atoms with Crippen molar-refractivity contribution in [3.63, 3.8) is 0 Å². The molecule has 10 nitrogen and oxygen atoms in total. The lowest BCUT2D eigenvalue weighted by Crippen LogP contribution is -2.52. The van der Waals surface area contributed by atoms with E-state index >= 15 is 0 Å². The lowest BCUT2D eigenvalue weighted by Gasteiger charge is -2.37. The van der Waals surface area contributed by atoms with Crippen LogP contribution >= 0.6 is 0 Å². The van der Waals surface area contributed by atoms with Gasteiger partial charge in [0.2, 0.25) is 17.7 Å². The van der Waals surface area contributed by atoms with Crippen LogP contribution in [0.3, 0.4) is 0 Å². The van der Waals surface area contributed by atoms with Crippen LogP contribution in [-0.2, 0) is 20.9 Å². The van der Waals surface area contributed by atoms with Crippen LogP contribution < -0.4 is 16.0 Å². The van der Waals surface area contributed by atoms with E-state index in [0.29, 0.717) is 24.9 Å². The first kappa shape index (κ1) is 23.7. The molecular formula is C25H34N6O4. The number of nitrogens with zero attached hydrogens (tertiary/aromatic N) is 4. The number of piperidine rings is 2. The van der Waals surface area contributed by atoms with Crippen molar-refractivity contribution >= 4 is 29.3 Å². The van der Waals surface area contributed by atoms with E-state index in [1.54, 1.807) is 4.90 Å². The Morgan fingerprint density at radius 2 is 1.74 bits per heavy atom. The minimum absolute atomic E-state index is 0.146. The molecular weight excluding hydrogens is 448 g/mol. The van der Waals surface area contributed by atoms with Crippen molar-refractivity contribution in [3.05, 3.63) is 29.3 Å². The fourth-order valence-electron chi connectivity index (χ4n) is 5.64. The van der Waals surface area contributed by atoms with E-state index in [9.17, 15) is 19.2 Å². The molecule has 4 aliphatic heterocycles. The molecule has 3 N–H and O–H groups in total. The van der Waals surface area contributed by atoms with Crippen LogP contribution in [0.4, 0.5) is 5.69 Å². The number of benzene rings is 1. The monoisotopic (exact) mass is 482 g/mol. The molecule has 3 saturated heterocycles. The molecule has 0 radical (unpaired) electrons. The van der Waals surface area contributed by atoms with Crippen molar-refractivity contribution in [3.8, 4) is 0 Å². The van der Waals surface area contributed by atoms with Crippen molar-refractivity contribution in [1.29, 1.82) is 0 Å². The van der Waals surface area contributed by atoms with Gasteiger partial charge in [0.1, 0.15) is 6.04 Å². The largest absolute Gasteiger partial charge is 0.369 e. The van der Waals surface area contributed by atoms with E-state index in [4.69, 9.17) is 5.73 Å². The Hall–Kier alpha value is -2.98. The number of hydrogen-bond donors (Lipinski definition) is 2. The topological polar surface area (TPSA) is 119 Å². The number of rotatable bonds is 5. The molecule has 0 aromatic heterocycles. The first-order valence-corrected chi connectivity index (χ1v) is 12.7. The number of nitrogens with one attached hydrogen (secondary N) is 1. The first-order valence-electron chi connectivity index (χ1n) is 12.7. The van der Waals surface area contributed by atoms with Gasteiger partial charge in [-0.1, -0.05) is 6.07 Å². The summed E-state index contributed by atoms with van der Waals surface area (Å²) in [5, 5.41) is 2.36. The minimum atomic E-state index is -0.606. The van der Waals surface area contributed by atoms with Gasteiger partial charge >= 0.3 is 0 Å². The van der Waals surface area contributed by atoms with Crippen LogP contribution in [0, 0.1) is 0 Å². The van der Waals surface area contributed by atoms with E-state index in [0.717, 1.165) is 69.9 Å². The third-order valence-corrected chi connectivity index (χ3v) is 7.80. The summed E-state index contributed by atoms with van der Waals surface area (Å²) in [6.07, 6.45) is 2.91. The van der Waals surface area contributed by atoms with Crippen molar-refractivity contribution in [2.45, 2.75) is 50.7 Å². The second-order valence-electron chi connectivity index (χ2n) is 10.0. The molecule has 0 spiro atoms. The number of carbonyl (C=O) groups is 4. The van der Waals surface area contributed by atoms with Crippen LogP contribution in [-0.4, -0.2) is 96.2 Å². The SMILES string of the molecule is NC1CCN(C(=O)CCN2CCN(c3cccc4c3CN(C3CCC(=O)NC3=O)C4=O)CC2)CC1. The van der Waals surface area contributed by atoms with Gasteiger partial charge in [-0.15, -0.1) is 0 Å². The van der Waals surface area contributed by atoms with Crippen LogP contribution in [0.2, 0.25) is 0 Å². The average molecular weight is 483 g/mol. The zero-order valence-electron chi connectivity index (χ0n) is 20.1. The summed E-state index contributed by atoms with van der Waals surface area (Å²) in [7, 11) is 0.